The number of aromatic nitrogens is 1. The molecule has 2 saturated heterocycles. The Morgan fingerprint density at radius 3 is 3.05 bits per heavy atom. The van der Waals surface area contributed by atoms with Gasteiger partial charge in [0.25, 0.3) is 0 Å². The summed E-state index contributed by atoms with van der Waals surface area (Å²) in [7, 11) is 0. The zero-order valence-corrected chi connectivity index (χ0v) is 12.1. The number of ether oxygens (including phenoxy) is 1. The van der Waals surface area contributed by atoms with Crippen molar-refractivity contribution < 1.29 is 9.53 Å². The Kier molecular flexibility index (Phi) is 3.84. The van der Waals surface area contributed by atoms with Gasteiger partial charge in [-0.3, -0.25) is 4.79 Å². The van der Waals surface area contributed by atoms with Crippen LogP contribution in [0, 0.1) is 12.8 Å². The molecule has 0 aliphatic carbocycles. The molecule has 3 rings (SSSR count). The zero-order chi connectivity index (χ0) is 13.2. The summed E-state index contributed by atoms with van der Waals surface area (Å²) in [4.78, 5) is 19.3. The van der Waals surface area contributed by atoms with Gasteiger partial charge in [0, 0.05) is 24.2 Å². The fraction of sp³-hybridized carbons (Fsp3) is 0.714. The van der Waals surface area contributed by atoms with Crippen LogP contribution in [0.25, 0.3) is 0 Å². The average Bonchev–Trinajstić information content (AvgIpc) is 3.09. The molecule has 3 heterocycles. The lowest BCUT2D eigenvalue weighted by molar-refractivity contribution is -0.139. The summed E-state index contributed by atoms with van der Waals surface area (Å²) in [6, 6.07) is 0.195. The first kappa shape index (κ1) is 13.1. The van der Waals surface area contributed by atoms with Crippen LogP contribution < -0.4 is 0 Å². The molecule has 0 bridgehead atoms. The highest BCUT2D eigenvalue weighted by molar-refractivity contribution is 7.09. The quantitative estimate of drug-likeness (QED) is 0.836. The minimum Gasteiger partial charge on any atom is -0.381 e. The molecule has 0 saturated carbocycles. The molecule has 1 aromatic rings. The lowest BCUT2D eigenvalue weighted by atomic mass is 9.99. The van der Waals surface area contributed by atoms with Crippen LogP contribution in [0.1, 0.15) is 42.4 Å². The number of hydrogen-bond donors (Lipinski definition) is 0. The summed E-state index contributed by atoms with van der Waals surface area (Å²) in [5.41, 5.74) is 1.06. The minimum atomic E-state index is 0.0710. The van der Waals surface area contributed by atoms with E-state index in [2.05, 4.69) is 15.3 Å². The average molecular weight is 280 g/mol. The fourth-order valence-electron chi connectivity index (χ4n) is 2.94. The topological polar surface area (TPSA) is 42.4 Å². The van der Waals surface area contributed by atoms with Crippen molar-refractivity contribution in [3.8, 4) is 0 Å². The van der Waals surface area contributed by atoms with Crippen molar-refractivity contribution in [2.45, 2.75) is 38.6 Å². The zero-order valence-electron chi connectivity index (χ0n) is 11.3. The van der Waals surface area contributed by atoms with Gasteiger partial charge < -0.3 is 9.64 Å². The molecule has 2 atom stereocenters. The molecule has 1 amide bonds. The number of hydrogen-bond acceptors (Lipinski definition) is 4. The molecular formula is C14H20N2O2S. The summed E-state index contributed by atoms with van der Waals surface area (Å²) in [6.07, 6.45) is 4.22. The van der Waals surface area contributed by atoms with Crippen LogP contribution in [0.2, 0.25) is 0 Å². The molecule has 2 fully saturated rings. The molecule has 4 nitrogen and oxygen atoms in total. The molecule has 0 unspecified atom stereocenters. The van der Waals surface area contributed by atoms with E-state index in [1.165, 1.54) is 6.42 Å². The molecule has 5 heteroatoms. The van der Waals surface area contributed by atoms with Crippen LogP contribution >= 0.6 is 11.3 Å². The number of carbonyl (C=O) groups is 1. The lowest BCUT2D eigenvalue weighted by Gasteiger charge is -2.36. The second kappa shape index (κ2) is 5.59. The summed E-state index contributed by atoms with van der Waals surface area (Å²) < 4.78 is 5.35. The van der Waals surface area contributed by atoms with Gasteiger partial charge in [-0.15, -0.1) is 11.3 Å². The Morgan fingerprint density at radius 2 is 2.37 bits per heavy atom. The van der Waals surface area contributed by atoms with Gasteiger partial charge in [0.1, 0.15) is 5.01 Å². The second-order valence-electron chi connectivity index (χ2n) is 5.43. The number of piperidine rings is 1. The van der Waals surface area contributed by atoms with Gasteiger partial charge >= 0.3 is 0 Å². The minimum absolute atomic E-state index is 0.0710. The number of rotatable bonds is 2. The first-order valence-corrected chi connectivity index (χ1v) is 7.94. The van der Waals surface area contributed by atoms with Gasteiger partial charge in [-0.25, -0.2) is 4.98 Å². The van der Waals surface area contributed by atoms with E-state index in [9.17, 15) is 4.79 Å². The normalized spacial score (nSPS) is 27.7. The third-order valence-electron chi connectivity index (χ3n) is 3.99. The number of aryl methyl sites for hydroxylation is 1. The third-order valence-corrected chi connectivity index (χ3v) is 5.05. The lowest BCUT2D eigenvalue weighted by Crippen LogP contribution is -2.42. The molecule has 2 aliphatic rings. The van der Waals surface area contributed by atoms with Crippen molar-refractivity contribution in [3.05, 3.63) is 16.1 Å². The molecular weight excluding hydrogens is 260 g/mol. The van der Waals surface area contributed by atoms with Crippen molar-refractivity contribution in [2.24, 2.45) is 5.92 Å². The van der Waals surface area contributed by atoms with Gasteiger partial charge in [0.15, 0.2) is 0 Å². The van der Waals surface area contributed by atoms with E-state index in [0.717, 1.165) is 43.1 Å². The summed E-state index contributed by atoms with van der Waals surface area (Å²) in [6.45, 7) is 4.21. The molecule has 0 aromatic carbocycles. The van der Waals surface area contributed by atoms with Crippen LogP contribution in [-0.2, 0) is 9.53 Å². The third kappa shape index (κ3) is 2.67. The first-order valence-electron chi connectivity index (χ1n) is 7.06. The summed E-state index contributed by atoms with van der Waals surface area (Å²) in [5, 5.41) is 3.18. The Bertz CT molecular complexity index is 454. The fourth-order valence-corrected chi connectivity index (χ4v) is 3.88. The van der Waals surface area contributed by atoms with Crippen molar-refractivity contribution in [2.75, 3.05) is 19.8 Å². The first-order chi connectivity index (χ1) is 9.25. The molecule has 0 spiro atoms. The highest BCUT2D eigenvalue weighted by atomic mass is 32.1. The molecule has 1 aromatic heterocycles. The predicted octanol–water partition coefficient (Wildman–Crippen LogP) is 2.54. The van der Waals surface area contributed by atoms with E-state index in [1.54, 1.807) is 11.3 Å². The van der Waals surface area contributed by atoms with Gasteiger partial charge in [-0.05, 0) is 32.6 Å². The molecule has 2 aliphatic heterocycles. The highest BCUT2D eigenvalue weighted by Gasteiger charge is 2.35. The van der Waals surface area contributed by atoms with Gasteiger partial charge in [0.2, 0.25) is 5.91 Å². The van der Waals surface area contributed by atoms with E-state index >= 15 is 0 Å². The second-order valence-corrected chi connectivity index (χ2v) is 6.32. The number of likely N-dealkylation sites (tertiary alicyclic amines) is 1. The maximum atomic E-state index is 12.6. The number of thiazole rings is 1. The van der Waals surface area contributed by atoms with Crippen LogP contribution in [-0.4, -0.2) is 35.5 Å². The van der Waals surface area contributed by atoms with Crippen LogP contribution in [0.15, 0.2) is 5.38 Å². The highest BCUT2D eigenvalue weighted by Crippen LogP contribution is 2.34. The molecule has 0 N–H and O–H groups in total. The van der Waals surface area contributed by atoms with Crippen LogP contribution in [0.4, 0.5) is 0 Å². The largest absolute Gasteiger partial charge is 0.381 e. The standard InChI is InChI=1S/C14H20N2O2S/c1-10-9-19-13(15-10)12-4-2-3-6-16(12)14(17)11-5-7-18-8-11/h9,11-12H,2-8H2,1H3/t11-,12-/m1/s1. The van der Waals surface area contributed by atoms with E-state index < -0.39 is 0 Å². The van der Waals surface area contributed by atoms with Crippen molar-refractivity contribution in [3.63, 3.8) is 0 Å². The maximum Gasteiger partial charge on any atom is 0.228 e. The van der Waals surface area contributed by atoms with Crippen molar-refractivity contribution >= 4 is 17.2 Å². The van der Waals surface area contributed by atoms with Crippen molar-refractivity contribution in [1.29, 1.82) is 0 Å². The SMILES string of the molecule is Cc1csc([C@H]2CCCCN2C(=O)[C@@H]2CCOC2)n1. The van der Waals surface area contributed by atoms with E-state index in [4.69, 9.17) is 4.74 Å². The molecule has 0 radical (unpaired) electrons. The Balaban J connectivity index is 1.78. The van der Waals surface area contributed by atoms with E-state index in [1.807, 2.05) is 6.92 Å². The smallest absolute Gasteiger partial charge is 0.228 e. The Morgan fingerprint density at radius 1 is 1.47 bits per heavy atom. The summed E-state index contributed by atoms with van der Waals surface area (Å²) in [5.74, 6) is 0.344. The van der Waals surface area contributed by atoms with E-state index in [0.29, 0.717) is 6.61 Å². The van der Waals surface area contributed by atoms with Gasteiger partial charge in [0.05, 0.1) is 18.6 Å². The summed E-state index contributed by atoms with van der Waals surface area (Å²) >= 11 is 1.68. The monoisotopic (exact) mass is 280 g/mol. The molecule has 104 valence electrons. The van der Waals surface area contributed by atoms with Gasteiger partial charge in [-0.1, -0.05) is 0 Å². The maximum absolute atomic E-state index is 12.6. The Hall–Kier alpha value is -0.940. The van der Waals surface area contributed by atoms with Crippen molar-refractivity contribution in [1.82, 2.24) is 9.88 Å². The predicted molar refractivity (Wildman–Crippen MR) is 74.1 cm³/mol. The number of carbonyl (C=O) groups excluding carboxylic acids is 1. The molecule has 19 heavy (non-hydrogen) atoms. The van der Waals surface area contributed by atoms with E-state index in [-0.39, 0.29) is 17.9 Å². The number of nitrogens with zero attached hydrogens (tertiary/aromatic N) is 2. The number of amides is 1. The van der Waals surface area contributed by atoms with Gasteiger partial charge in [-0.2, -0.15) is 0 Å². The van der Waals surface area contributed by atoms with Crippen LogP contribution in [0.5, 0.6) is 0 Å². The van der Waals surface area contributed by atoms with Crippen LogP contribution in [0.3, 0.4) is 0 Å². The Labute approximate surface area is 117 Å².